The highest BCUT2D eigenvalue weighted by atomic mass is 16.1. The van der Waals surface area contributed by atoms with Crippen molar-refractivity contribution in [2.45, 2.75) is 63.3 Å². The van der Waals surface area contributed by atoms with Gasteiger partial charge in [0.25, 0.3) is 0 Å². The van der Waals surface area contributed by atoms with E-state index in [2.05, 4.69) is 29.2 Å². The summed E-state index contributed by atoms with van der Waals surface area (Å²) >= 11 is 0. The van der Waals surface area contributed by atoms with Crippen LogP contribution in [0.25, 0.3) is 0 Å². The smallest absolute Gasteiger partial charge is 0.132 e. The normalized spacial score (nSPS) is 27.5. The lowest BCUT2D eigenvalue weighted by Gasteiger charge is -2.31. The van der Waals surface area contributed by atoms with E-state index in [0.29, 0.717) is 11.8 Å². The second kappa shape index (κ2) is 6.16. The van der Waals surface area contributed by atoms with Crippen LogP contribution in [0, 0.1) is 5.92 Å². The van der Waals surface area contributed by atoms with E-state index >= 15 is 0 Å². The molecule has 4 rings (SSSR count). The molecule has 1 aromatic carbocycles. The molecule has 0 N–H and O–H groups in total. The summed E-state index contributed by atoms with van der Waals surface area (Å²) in [5, 5.41) is 0. The molecule has 1 aromatic rings. The van der Waals surface area contributed by atoms with Crippen LogP contribution in [0.4, 0.5) is 0 Å². The molecule has 1 unspecified atom stereocenters. The van der Waals surface area contributed by atoms with Crippen molar-refractivity contribution in [2.24, 2.45) is 5.92 Å². The minimum Gasteiger partial charge on any atom is -0.300 e. The molecule has 2 heteroatoms. The van der Waals surface area contributed by atoms with E-state index in [9.17, 15) is 4.79 Å². The first-order chi connectivity index (χ1) is 10.8. The summed E-state index contributed by atoms with van der Waals surface area (Å²) in [6.07, 6.45) is 9.29. The largest absolute Gasteiger partial charge is 0.300 e. The summed E-state index contributed by atoms with van der Waals surface area (Å²) in [5.41, 5.74) is 3.23. The highest BCUT2D eigenvalue weighted by Crippen LogP contribution is 2.45. The molecule has 0 bridgehead atoms. The van der Waals surface area contributed by atoms with E-state index in [0.717, 1.165) is 37.5 Å². The Morgan fingerprint density at radius 1 is 0.955 bits per heavy atom. The number of hydrogen-bond donors (Lipinski definition) is 0. The predicted octanol–water partition coefficient (Wildman–Crippen LogP) is 4.46. The zero-order chi connectivity index (χ0) is 14.9. The number of hydrogen-bond acceptors (Lipinski definition) is 2. The van der Waals surface area contributed by atoms with Crippen LogP contribution >= 0.6 is 0 Å². The third-order valence-corrected chi connectivity index (χ3v) is 5.89. The maximum atomic E-state index is 11.4. The van der Waals surface area contributed by atoms with Gasteiger partial charge in [-0.25, -0.2) is 0 Å². The minimum atomic E-state index is 0.480. The van der Waals surface area contributed by atoms with Crippen molar-refractivity contribution in [3.63, 3.8) is 0 Å². The summed E-state index contributed by atoms with van der Waals surface area (Å²) < 4.78 is 0. The average molecular weight is 297 g/mol. The quantitative estimate of drug-likeness (QED) is 0.817. The van der Waals surface area contributed by atoms with Crippen molar-refractivity contribution in [3.8, 4) is 0 Å². The summed E-state index contributed by atoms with van der Waals surface area (Å²) in [4.78, 5) is 14.2. The molecule has 2 saturated carbocycles. The molecule has 1 aliphatic heterocycles. The number of nitrogens with zero attached hydrogens (tertiary/aromatic N) is 1. The van der Waals surface area contributed by atoms with Crippen molar-refractivity contribution < 1.29 is 4.79 Å². The van der Waals surface area contributed by atoms with E-state index in [1.807, 2.05) is 0 Å². The summed E-state index contributed by atoms with van der Waals surface area (Å²) in [6, 6.07) is 9.80. The van der Waals surface area contributed by atoms with Crippen LogP contribution in [-0.2, 0) is 4.79 Å². The molecular formula is C20H27NO. The fourth-order valence-electron chi connectivity index (χ4n) is 4.49. The number of likely N-dealkylation sites (tertiary alicyclic amines) is 1. The number of ketones is 1. The zero-order valence-electron chi connectivity index (χ0n) is 13.5. The Morgan fingerprint density at radius 2 is 1.68 bits per heavy atom. The molecule has 1 heterocycles. The standard InChI is InChI=1S/C20H27NO/c22-17-11-7-15(8-12-17)14-21-13-3-6-20(21)19-5-2-1-4-18(19)16-9-10-16/h1-2,4-5,15-16,20H,3,6-14H2. The fraction of sp³-hybridized carbons (Fsp3) is 0.650. The topological polar surface area (TPSA) is 20.3 Å². The average Bonchev–Trinajstić information content (AvgIpc) is 3.29. The van der Waals surface area contributed by atoms with Crippen LogP contribution in [0.1, 0.15) is 74.5 Å². The Kier molecular flexibility index (Phi) is 4.04. The van der Waals surface area contributed by atoms with E-state index in [-0.39, 0.29) is 0 Å². The molecule has 22 heavy (non-hydrogen) atoms. The van der Waals surface area contributed by atoms with Crippen molar-refractivity contribution in [3.05, 3.63) is 35.4 Å². The van der Waals surface area contributed by atoms with Gasteiger partial charge >= 0.3 is 0 Å². The molecule has 2 nitrogen and oxygen atoms in total. The number of carbonyl (C=O) groups is 1. The maximum absolute atomic E-state index is 11.4. The molecule has 2 aliphatic carbocycles. The van der Waals surface area contributed by atoms with E-state index < -0.39 is 0 Å². The van der Waals surface area contributed by atoms with Gasteiger partial charge in [0.15, 0.2) is 0 Å². The maximum Gasteiger partial charge on any atom is 0.132 e. The first-order valence-corrected chi connectivity index (χ1v) is 9.16. The second-order valence-electron chi connectivity index (χ2n) is 7.54. The van der Waals surface area contributed by atoms with Crippen LogP contribution in [0.2, 0.25) is 0 Å². The van der Waals surface area contributed by atoms with Gasteiger partial charge in [-0.1, -0.05) is 24.3 Å². The predicted molar refractivity (Wildman–Crippen MR) is 88.9 cm³/mol. The summed E-state index contributed by atoms with van der Waals surface area (Å²) in [5.74, 6) is 2.06. The highest BCUT2D eigenvalue weighted by Gasteiger charge is 2.33. The monoisotopic (exact) mass is 297 g/mol. The van der Waals surface area contributed by atoms with Crippen molar-refractivity contribution >= 4 is 5.78 Å². The molecule has 3 aliphatic rings. The first kappa shape index (κ1) is 14.4. The van der Waals surface area contributed by atoms with Crippen LogP contribution < -0.4 is 0 Å². The fourth-order valence-corrected chi connectivity index (χ4v) is 4.49. The second-order valence-corrected chi connectivity index (χ2v) is 7.54. The van der Waals surface area contributed by atoms with E-state index in [1.165, 1.54) is 38.8 Å². The summed E-state index contributed by atoms with van der Waals surface area (Å²) in [7, 11) is 0. The van der Waals surface area contributed by atoms with Gasteiger partial charge in [-0.3, -0.25) is 9.69 Å². The van der Waals surface area contributed by atoms with Crippen molar-refractivity contribution in [2.75, 3.05) is 13.1 Å². The van der Waals surface area contributed by atoms with Gasteiger partial charge in [-0.2, -0.15) is 0 Å². The molecule has 3 fully saturated rings. The third kappa shape index (κ3) is 2.99. The lowest BCUT2D eigenvalue weighted by Crippen LogP contribution is -2.31. The van der Waals surface area contributed by atoms with Gasteiger partial charge < -0.3 is 0 Å². The van der Waals surface area contributed by atoms with Crippen LogP contribution in [0.3, 0.4) is 0 Å². The van der Waals surface area contributed by atoms with Crippen LogP contribution in [0.15, 0.2) is 24.3 Å². The van der Waals surface area contributed by atoms with Gasteiger partial charge in [0.05, 0.1) is 0 Å². The van der Waals surface area contributed by atoms with Crippen LogP contribution in [-0.4, -0.2) is 23.8 Å². The number of Topliss-reactive ketones (excluding diaryl/α,β-unsaturated/α-hetero) is 1. The van der Waals surface area contributed by atoms with Gasteiger partial charge in [0.2, 0.25) is 0 Å². The Balaban J connectivity index is 1.48. The molecule has 0 radical (unpaired) electrons. The Bertz CT molecular complexity index is 538. The van der Waals surface area contributed by atoms with Crippen LogP contribution in [0.5, 0.6) is 0 Å². The molecule has 1 atom stereocenters. The molecule has 118 valence electrons. The lowest BCUT2D eigenvalue weighted by molar-refractivity contribution is -0.121. The van der Waals surface area contributed by atoms with Gasteiger partial charge in [-0.05, 0) is 68.0 Å². The number of carbonyl (C=O) groups excluding carboxylic acids is 1. The van der Waals surface area contributed by atoms with Crippen molar-refractivity contribution in [1.29, 1.82) is 0 Å². The number of rotatable bonds is 4. The van der Waals surface area contributed by atoms with Gasteiger partial charge in [0, 0.05) is 25.4 Å². The SMILES string of the molecule is O=C1CCC(CN2CCCC2c2ccccc2C2CC2)CC1. The molecule has 1 saturated heterocycles. The van der Waals surface area contributed by atoms with E-state index in [4.69, 9.17) is 0 Å². The Morgan fingerprint density at radius 3 is 2.41 bits per heavy atom. The third-order valence-electron chi connectivity index (χ3n) is 5.89. The number of benzene rings is 1. The Labute approximate surface area is 133 Å². The minimum absolute atomic E-state index is 0.480. The van der Waals surface area contributed by atoms with Gasteiger partial charge in [-0.15, -0.1) is 0 Å². The zero-order valence-corrected chi connectivity index (χ0v) is 13.5. The van der Waals surface area contributed by atoms with Gasteiger partial charge in [0.1, 0.15) is 5.78 Å². The molecule has 0 amide bonds. The van der Waals surface area contributed by atoms with Crippen molar-refractivity contribution in [1.82, 2.24) is 4.90 Å². The molecule has 0 spiro atoms. The Hall–Kier alpha value is -1.15. The molecular weight excluding hydrogens is 270 g/mol. The van der Waals surface area contributed by atoms with E-state index in [1.54, 1.807) is 11.1 Å². The summed E-state index contributed by atoms with van der Waals surface area (Å²) in [6.45, 7) is 2.45. The molecule has 0 aromatic heterocycles. The first-order valence-electron chi connectivity index (χ1n) is 9.16. The lowest BCUT2D eigenvalue weighted by atomic mass is 9.87. The highest BCUT2D eigenvalue weighted by molar-refractivity contribution is 5.79.